The molecular weight excluding hydrogens is 341 g/mol. The Hall–Kier alpha value is -0.460. The number of likely N-dealkylation sites (tertiary alicyclic amines) is 1. The molecule has 3 aliphatic rings. The zero-order valence-electron chi connectivity index (χ0n) is 12.2. The van der Waals surface area contributed by atoms with Crippen molar-refractivity contribution in [2.45, 2.75) is 25.1 Å². The summed E-state index contributed by atoms with van der Waals surface area (Å²) in [5.74, 6) is 1.09. The number of morpholine rings is 1. The van der Waals surface area contributed by atoms with Gasteiger partial charge in [0.05, 0.1) is 19.3 Å². The van der Waals surface area contributed by atoms with Gasteiger partial charge in [-0.3, -0.25) is 9.89 Å². The lowest BCUT2D eigenvalue weighted by Crippen LogP contribution is -2.38. The van der Waals surface area contributed by atoms with Crippen molar-refractivity contribution in [3.05, 3.63) is 29.8 Å². The largest absolute Gasteiger partial charge is 0.375 e. The number of para-hydroxylation sites is 1. The Morgan fingerprint density at radius 3 is 2.95 bits per heavy atom. The van der Waals surface area contributed by atoms with Crippen LogP contribution < -0.4 is 5.32 Å². The maximum atomic E-state index is 5.63. The van der Waals surface area contributed by atoms with Gasteiger partial charge in [-0.05, 0) is 18.1 Å². The first kappa shape index (κ1) is 17.9. The van der Waals surface area contributed by atoms with Crippen molar-refractivity contribution in [2.75, 3.05) is 30.8 Å². The van der Waals surface area contributed by atoms with Crippen molar-refractivity contribution in [1.29, 1.82) is 0 Å². The molecule has 4 rings (SSSR count). The number of anilines is 1. The van der Waals surface area contributed by atoms with Crippen LogP contribution >= 0.6 is 36.6 Å². The van der Waals surface area contributed by atoms with Gasteiger partial charge < -0.3 is 10.1 Å². The van der Waals surface area contributed by atoms with Gasteiger partial charge in [-0.2, -0.15) is 0 Å². The smallest absolute Gasteiger partial charge is 0.161 e. The van der Waals surface area contributed by atoms with E-state index in [-0.39, 0.29) is 24.8 Å². The first-order valence-corrected chi connectivity index (χ1v) is 8.25. The van der Waals surface area contributed by atoms with E-state index in [1.54, 1.807) is 0 Å². The van der Waals surface area contributed by atoms with E-state index in [0.29, 0.717) is 12.1 Å². The third-order valence-corrected chi connectivity index (χ3v) is 5.17. The molecule has 1 aromatic rings. The predicted octanol–water partition coefficient (Wildman–Crippen LogP) is 3.02. The van der Waals surface area contributed by atoms with Crippen LogP contribution in [0.15, 0.2) is 29.3 Å². The number of hydrogen-bond acceptors (Lipinski definition) is 5. The Morgan fingerprint density at radius 2 is 2.18 bits per heavy atom. The topological polar surface area (TPSA) is 36.9 Å². The van der Waals surface area contributed by atoms with Crippen molar-refractivity contribution in [1.82, 2.24) is 4.90 Å². The number of amidine groups is 1. The highest BCUT2D eigenvalue weighted by molar-refractivity contribution is 8.14. The van der Waals surface area contributed by atoms with Gasteiger partial charge in [0.2, 0.25) is 0 Å². The van der Waals surface area contributed by atoms with Gasteiger partial charge in [0, 0.05) is 30.6 Å². The van der Waals surface area contributed by atoms with Gasteiger partial charge in [0.1, 0.15) is 0 Å². The number of ether oxygens (including phenoxy) is 1. The fourth-order valence-corrected chi connectivity index (χ4v) is 4.04. The predicted molar refractivity (Wildman–Crippen MR) is 97.9 cm³/mol. The quantitative estimate of drug-likeness (QED) is 0.897. The normalized spacial score (nSPS) is 25.5. The lowest BCUT2D eigenvalue weighted by atomic mass is 10.1. The van der Waals surface area contributed by atoms with Crippen molar-refractivity contribution >= 4 is 47.4 Å². The Balaban J connectivity index is 0.000000882. The minimum atomic E-state index is 0. The molecule has 0 aromatic heterocycles. The molecule has 0 unspecified atom stereocenters. The summed E-state index contributed by atoms with van der Waals surface area (Å²) in [4.78, 5) is 7.18. The number of benzene rings is 1. The number of aliphatic imine (C=N–C) groups is 1. The monoisotopic (exact) mass is 361 g/mol. The average Bonchev–Trinajstić information content (AvgIpc) is 3.10. The molecule has 0 radical (unpaired) electrons. The lowest BCUT2D eigenvalue weighted by molar-refractivity contribution is 0.0334. The summed E-state index contributed by atoms with van der Waals surface area (Å²) >= 11 is 1.83. The van der Waals surface area contributed by atoms with Gasteiger partial charge in [-0.1, -0.05) is 30.0 Å². The molecule has 0 amide bonds. The number of nitrogens with zero attached hydrogens (tertiary/aromatic N) is 2. The molecule has 2 atom stereocenters. The van der Waals surface area contributed by atoms with Gasteiger partial charge in [0.25, 0.3) is 0 Å². The van der Waals surface area contributed by atoms with Crippen LogP contribution in [-0.4, -0.2) is 47.7 Å². The summed E-state index contributed by atoms with van der Waals surface area (Å²) in [5.41, 5.74) is 2.49. The summed E-state index contributed by atoms with van der Waals surface area (Å²) in [6.45, 7) is 3.99. The van der Waals surface area contributed by atoms with E-state index in [1.165, 1.54) is 17.7 Å². The van der Waals surface area contributed by atoms with Gasteiger partial charge in [-0.25, -0.2) is 0 Å². The third-order valence-electron chi connectivity index (χ3n) is 4.28. The van der Waals surface area contributed by atoms with Crippen LogP contribution in [0.25, 0.3) is 0 Å². The summed E-state index contributed by atoms with van der Waals surface area (Å²) in [6, 6.07) is 9.07. The Bertz CT molecular complexity index is 543. The molecule has 0 aliphatic carbocycles. The summed E-state index contributed by atoms with van der Waals surface area (Å²) in [6.07, 6.45) is 1.74. The summed E-state index contributed by atoms with van der Waals surface area (Å²) in [7, 11) is 0. The highest BCUT2D eigenvalue weighted by Gasteiger charge is 2.38. The van der Waals surface area contributed by atoms with E-state index in [1.807, 2.05) is 11.8 Å². The van der Waals surface area contributed by atoms with E-state index in [4.69, 9.17) is 4.74 Å². The van der Waals surface area contributed by atoms with Crippen LogP contribution in [0, 0.1) is 0 Å². The Labute approximate surface area is 147 Å². The Morgan fingerprint density at radius 1 is 1.32 bits per heavy atom. The molecule has 122 valence electrons. The minimum Gasteiger partial charge on any atom is -0.375 e. The molecule has 4 nitrogen and oxygen atoms in total. The number of rotatable bonds is 3. The van der Waals surface area contributed by atoms with Crippen LogP contribution in [-0.2, 0) is 11.3 Å². The maximum absolute atomic E-state index is 5.63. The highest BCUT2D eigenvalue weighted by Crippen LogP contribution is 2.28. The zero-order chi connectivity index (χ0) is 13.4. The first-order valence-electron chi connectivity index (χ1n) is 7.26. The third kappa shape index (κ3) is 3.71. The second-order valence-corrected chi connectivity index (χ2v) is 6.68. The van der Waals surface area contributed by atoms with E-state index < -0.39 is 0 Å². The first-order chi connectivity index (χ1) is 9.88. The summed E-state index contributed by atoms with van der Waals surface area (Å²) < 4.78 is 5.63. The molecule has 2 saturated heterocycles. The second kappa shape index (κ2) is 7.88. The number of halogens is 2. The second-order valence-electron chi connectivity index (χ2n) is 5.59. The van der Waals surface area contributed by atoms with E-state index >= 15 is 0 Å². The SMILES string of the molecule is Cl.Cl.c1ccc2c(c1)CN=C(SCCN1C[C@H]3C[C@@H]1CO3)N2. The lowest BCUT2D eigenvalue weighted by Gasteiger charge is -2.26. The van der Waals surface area contributed by atoms with Gasteiger partial charge >= 0.3 is 0 Å². The van der Waals surface area contributed by atoms with E-state index in [2.05, 4.69) is 39.5 Å². The van der Waals surface area contributed by atoms with Crippen molar-refractivity contribution in [3.63, 3.8) is 0 Å². The summed E-state index contributed by atoms with van der Waals surface area (Å²) in [5, 5.41) is 4.49. The zero-order valence-corrected chi connectivity index (χ0v) is 14.7. The molecule has 22 heavy (non-hydrogen) atoms. The molecule has 0 spiro atoms. The van der Waals surface area contributed by atoms with Crippen molar-refractivity contribution < 1.29 is 4.74 Å². The molecule has 7 heteroatoms. The van der Waals surface area contributed by atoms with Gasteiger partial charge in [0.15, 0.2) is 5.17 Å². The average molecular weight is 362 g/mol. The van der Waals surface area contributed by atoms with E-state index in [9.17, 15) is 0 Å². The molecule has 1 N–H and O–H groups in total. The molecule has 1 aromatic carbocycles. The maximum Gasteiger partial charge on any atom is 0.161 e. The number of fused-ring (bicyclic) bond motifs is 3. The van der Waals surface area contributed by atoms with Gasteiger partial charge in [-0.15, -0.1) is 24.8 Å². The molecule has 2 bridgehead atoms. The number of thioether (sulfide) groups is 1. The fourth-order valence-electron chi connectivity index (χ4n) is 3.19. The van der Waals surface area contributed by atoms with E-state index in [0.717, 1.165) is 37.2 Å². The van der Waals surface area contributed by atoms with Crippen LogP contribution in [0.4, 0.5) is 5.69 Å². The van der Waals surface area contributed by atoms with Crippen LogP contribution in [0.1, 0.15) is 12.0 Å². The van der Waals surface area contributed by atoms with Crippen LogP contribution in [0.2, 0.25) is 0 Å². The van der Waals surface area contributed by atoms with Crippen LogP contribution in [0.3, 0.4) is 0 Å². The molecular formula is C15H21Cl2N3OS. The number of nitrogens with one attached hydrogen (secondary N) is 1. The molecule has 2 fully saturated rings. The molecule has 3 heterocycles. The standard InChI is InChI=1S/C15H19N3OS.2ClH/c1-2-4-14-11(3-1)8-16-15(17-14)20-6-5-18-9-13-7-12(18)10-19-13;;/h1-4,12-13H,5-10H2,(H,16,17);2*1H/t12-,13-;;/m1../s1. The van der Waals surface area contributed by atoms with Crippen LogP contribution in [0.5, 0.6) is 0 Å². The number of hydrogen-bond donors (Lipinski definition) is 1. The molecule has 0 saturated carbocycles. The van der Waals surface area contributed by atoms with Crippen molar-refractivity contribution in [3.8, 4) is 0 Å². The minimum absolute atomic E-state index is 0. The highest BCUT2D eigenvalue weighted by atomic mass is 35.5. The fraction of sp³-hybridized carbons (Fsp3) is 0.533. The van der Waals surface area contributed by atoms with Crippen molar-refractivity contribution in [2.24, 2.45) is 4.99 Å². The Kier molecular flexibility index (Phi) is 6.41. The molecule has 3 aliphatic heterocycles.